The van der Waals surface area contributed by atoms with E-state index < -0.39 is 0 Å². The summed E-state index contributed by atoms with van der Waals surface area (Å²) in [5, 5.41) is 6.68. The van der Waals surface area contributed by atoms with Gasteiger partial charge in [0, 0.05) is 19.7 Å². The molecule has 0 spiro atoms. The van der Waals surface area contributed by atoms with Crippen LogP contribution in [0.1, 0.15) is 16.8 Å². The fraction of sp³-hybridized carbons (Fsp3) is 0.150. The van der Waals surface area contributed by atoms with Crippen molar-refractivity contribution in [2.45, 2.75) is 6.42 Å². The third kappa shape index (κ3) is 9.15. The summed E-state index contributed by atoms with van der Waals surface area (Å²) in [6.07, 6.45) is 6.76. The Balaban J connectivity index is 0.000000532. The van der Waals surface area contributed by atoms with E-state index in [0.29, 0.717) is 11.4 Å². The molecular formula is C20H26Cl2N4O. The van der Waals surface area contributed by atoms with Crippen LogP contribution in [0.25, 0.3) is 12.2 Å². The lowest BCUT2D eigenvalue weighted by Crippen LogP contribution is -1.93. The van der Waals surface area contributed by atoms with Gasteiger partial charge in [-0.2, -0.15) is 5.10 Å². The Morgan fingerprint density at radius 2 is 1.63 bits per heavy atom. The zero-order valence-corrected chi connectivity index (χ0v) is 16.8. The zero-order chi connectivity index (χ0) is 17.9. The average molecular weight is 409 g/mol. The predicted molar refractivity (Wildman–Crippen MR) is 119 cm³/mol. The molecule has 0 aliphatic heterocycles. The minimum atomic E-state index is 0. The van der Waals surface area contributed by atoms with Gasteiger partial charge in [-0.25, -0.2) is 0 Å². The van der Waals surface area contributed by atoms with E-state index in [1.807, 2.05) is 60.8 Å². The van der Waals surface area contributed by atoms with E-state index in [2.05, 4.69) is 22.3 Å². The number of rotatable bonds is 5. The van der Waals surface area contributed by atoms with E-state index in [4.69, 9.17) is 16.2 Å². The normalized spacial score (nSPS) is 9.67. The molecule has 7 heteroatoms. The molecule has 0 aliphatic rings. The molecule has 0 unspecified atom stereocenters. The first-order chi connectivity index (χ1) is 12.2. The van der Waals surface area contributed by atoms with Crippen LogP contribution in [0.2, 0.25) is 0 Å². The van der Waals surface area contributed by atoms with Gasteiger partial charge in [0.15, 0.2) is 0 Å². The predicted octanol–water partition coefficient (Wildman–Crippen LogP) is 4.46. The van der Waals surface area contributed by atoms with Crippen molar-refractivity contribution in [1.82, 2.24) is 10.2 Å². The Bertz CT molecular complexity index is 778. The van der Waals surface area contributed by atoms with Crippen LogP contribution >= 0.6 is 24.8 Å². The maximum Gasteiger partial charge on any atom is 0.0645 e. The summed E-state index contributed by atoms with van der Waals surface area (Å²) in [6.45, 7) is 0.741. The summed E-state index contributed by atoms with van der Waals surface area (Å²) >= 11 is 0. The number of nitrogens with zero attached hydrogens (tertiary/aromatic N) is 1. The Kier molecular flexibility index (Phi) is 12.4. The summed E-state index contributed by atoms with van der Waals surface area (Å²) in [4.78, 5) is 0. The van der Waals surface area contributed by atoms with Crippen LogP contribution in [0.4, 0.5) is 11.4 Å². The van der Waals surface area contributed by atoms with Gasteiger partial charge in [0.1, 0.15) is 0 Å². The van der Waals surface area contributed by atoms with Crippen LogP contribution in [0, 0.1) is 0 Å². The topological polar surface area (TPSA) is 89.9 Å². The molecule has 0 fully saturated rings. The SMILES string of the molecule is COCCc1cc[nH]n1.Cl.Cl.Nc1ccc(C=Cc2ccccc2)cc1N. The highest BCUT2D eigenvalue weighted by Crippen LogP contribution is 2.17. The van der Waals surface area contributed by atoms with E-state index in [9.17, 15) is 0 Å². The molecule has 5 N–H and O–H groups in total. The van der Waals surface area contributed by atoms with Gasteiger partial charge in [-0.3, -0.25) is 5.10 Å². The van der Waals surface area contributed by atoms with Gasteiger partial charge in [-0.15, -0.1) is 24.8 Å². The number of aromatic amines is 1. The van der Waals surface area contributed by atoms with E-state index >= 15 is 0 Å². The summed E-state index contributed by atoms with van der Waals surface area (Å²) in [5.41, 5.74) is 15.9. The van der Waals surface area contributed by atoms with Crippen molar-refractivity contribution < 1.29 is 4.74 Å². The van der Waals surface area contributed by atoms with Crippen LogP contribution < -0.4 is 11.5 Å². The lowest BCUT2D eigenvalue weighted by atomic mass is 10.1. The first-order valence-electron chi connectivity index (χ1n) is 8.05. The Hall–Kier alpha value is -2.47. The fourth-order valence-corrected chi connectivity index (χ4v) is 2.09. The number of ether oxygens (including phenoxy) is 1. The Morgan fingerprint density at radius 1 is 0.926 bits per heavy atom. The van der Waals surface area contributed by atoms with E-state index in [1.54, 1.807) is 7.11 Å². The van der Waals surface area contributed by atoms with Crippen molar-refractivity contribution in [3.63, 3.8) is 0 Å². The van der Waals surface area contributed by atoms with Crippen molar-refractivity contribution >= 4 is 48.3 Å². The maximum absolute atomic E-state index is 5.73. The Labute approximate surface area is 172 Å². The first-order valence-corrected chi connectivity index (χ1v) is 8.05. The Morgan fingerprint density at radius 3 is 2.22 bits per heavy atom. The first kappa shape index (κ1) is 24.5. The van der Waals surface area contributed by atoms with Gasteiger partial charge in [-0.1, -0.05) is 48.6 Å². The molecule has 5 nitrogen and oxygen atoms in total. The summed E-state index contributed by atoms with van der Waals surface area (Å²) < 4.78 is 4.86. The third-order valence-corrected chi connectivity index (χ3v) is 3.50. The third-order valence-electron chi connectivity index (χ3n) is 3.50. The lowest BCUT2D eigenvalue weighted by molar-refractivity contribution is 0.201. The maximum atomic E-state index is 5.73. The van der Waals surface area contributed by atoms with Crippen molar-refractivity contribution in [1.29, 1.82) is 0 Å². The highest BCUT2D eigenvalue weighted by atomic mass is 35.5. The molecule has 0 atom stereocenters. The number of anilines is 2. The molecule has 0 saturated heterocycles. The van der Waals surface area contributed by atoms with Crippen LogP contribution in [0.15, 0.2) is 60.8 Å². The van der Waals surface area contributed by atoms with E-state index in [1.165, 1.54) is 0 Å². The standard InChI is InChI=1S/C14H14N2.C6H10N2O.2ClH/c15-13-9-8-12(10-14(13)16)7-6-11-4-2-1-3-5-11;1-9-5-3-6-2-4-7-8-6;;/h1-10H,15-16H2;2,4H,3,5H2,1H3,(H,7,8);2*1H. The number of hydrogen-bond donors (Lipinski definition) is 3. The van der Waals surface area contributed by atoms with Crippen molar-refractivity contribution in [3.05, 3.63) is 77.6 Å². The molecule has 0 saturated carbocycles. The molecule has 3 rings (SSSR count). The molecule has 2 aromatic carbocycles. The molecule has 1 heterocycles. The summed E-state index contributed by atoms with van der Waals surface area (Å²) in [7, 11) is 1.69. The number of halogens is 2. The number of nitrogen functional groups attached to an aromatic ring is 2. The zero-order valence-electron chi connectivity index (χ0n) is 15.2. The second-order valence-electron chi connectivity index (χ2n) is 5.44. The second-order valence-corrected chi connectivity index (χ2v) is 5.44. The number of nitrogens with one attached hydrogen (secondary N) is 1. The quantitative estimate of drug-likeness (QED) is 0.429. The van der Waals surface area contributed by atoms with Crippen molar-refractivity contribution in [3.8, 4) is 0 Å². The molecular weight excluding hydrogens is 383 g/mol. The van der Waals surface area contributed by atoms with Gasteiger partial charge in [-0.05, 0) is 29.3 Å². The minimum absolute atomic E-state index is 0. The molecule has 0 radical (unpaired) electrons. The van der Waals surface area contributed by atoms with Crippen LogP contribution in [0.3, 0.4) is 0 Å². The molecule has 27 heavy (non-hydrogen) atoms. The number of H-pyrrole nitrogens is 1. The smallest absolute Gasteiger partial charge is 0.0645 e. The van der Waals surface area contributed by atoms with Crippen LogP contribution in [0.5, 0.6) is 0 Å². The summed E-state index contributed by atoms with van der Waals surface area (Å²) in [6, 6.07) is 17.7. The van der Waals surface area contributed by atoms with Gasteiger partial charge in [0.25, 0.3) is 0 Å². The highest BCUT2D eigenvalue weighted by molar-refractivity contribution is 5.85. The van der Waals surface area contributed by atoms with Gasteiger partial charge in [0.05, 0.1) is 23.7 Å². The van der Waals surface area contributed by atoms with Crippen LogP contribution in [-0.2, 0) is 11.2 Å². The van der Waals surface area contributed by atoms with Crippen molar-refractivity contribution in [2.24, 2.45) is 0 Å². The summed E-state index contributed by atoms with van der Waals surface area (Å²) in [5.74, 6) is 0. The van der Waals surface area contributed by atoms with Gasteiger partial charge < -0.3 is 16.2 Å². The molecule has 0 bridgehead atoms. The monoisotopic (exact) mass is 408 g/mol. The van der Waals surface area contributed by atoms with Crippen molar-refractivity contribution in [2.75, 3.05) is 25.2 Å². The number of benzene rings is 2. The molecule has 1 aromatic heterocycles. The largest absolute Gasteiger partial charge is 0.397 e. The number of aromatic nitrogens is 2. The average Bonchev–Trinajstić information content (AvgIpc) is 3.16. The fourth-order valence-electron chi connectivity index (χ4n) is 2.09. The molecule has 3 aromatic rings. The number of methoxy groups -OCH3 is 1. The highest BCUT2D eigenvalue weighted by Gasteiger charge is 1.94. The number of nitrogens with two attached hydrogens (primary N) is 2. The minimum Gasteiger partial charge on any atom is -0.397 e. The van der Waals surface area contributed by atoms with Gasteiger partial charge >= 0.3 is 0 Å². The van der Waals surface area contributed by atoms with E-state index in [0.717, 1.165) is 29.8 Å². The van der Waals surface area contributed by atoms with Gasteiger partial charge in [0.2, 0.25) is 0 Å². The molecule has 0 aliphatic carbocycles. The van der Waals surface area contributed by atoms with E-state index in [-0.39, 0.29) is 24.8 Å². The second kappa shape index (κ2) is 13.7. The number of hydrogen-bond acceptors (Lipinski definition) is 4. The van der Waals surface area contributed by atoms with Crippen LogP contribution in [-0.4, -0.2) is 23.9 Å². The molecule has 146 valence electrons. The lowest BCUT2D eigenvalue weighted by Gasteiger charge is -2.00. The molecule has 0 amide bonds.